The first-order chi connectivity index (χ1) is 11.2. The van der Waals surface area contributed by atoms with Gasteiger partial charge in [0.2, 0.25) is 0 Å². The third-order valence-corrected chi connectivity index (χ3v) is 4.70. The Bertz CT molecular complexity index is 847. The maximum Gasteiger partial charge on any atom is 0.184 e. The van der Waals surface area contributed by atoms with Gasteiger partial charge in [-0.1, -0.05) is 45.5 Å². The number of para-hydroxylation sites is 1. The van der Waals surface area contributed by atoms with Crippen LogP contribution in [0.1, 0.15) is 17.3 Å². The maximum atomic E-state index is 12.2. The number of Topliss-reactive ketones (excluding diaryl/α,β-unsaturated/α-hetero) is 1. The molecule has 6 heteroatoms. The highest BCUT2D eigenvalue weighted by molar-refractivity contribution is 9.10. The van der Waals surface area contributed by atoms with Crippen molar-refractivity contribution in [1.29, 1.82) is 0 Å². The van der Waals surface area contributed by atoms with Gasteiger partial charge in [-0.25, -0.2) is 4.98 Å². The summed E-state index contributed by atoms with van der Waals surface area (Å²) in [6.45, 7) is 2.75. The van der Waals surface area contributed by atoms with Crippen molar-refractivity contribution in [1.82, 2.24) is 4.98 Å². The van der Waals surface area contributed by atoms with Crippen LogP contribution in [0.5, 0.6) is 5.75 Å². The lowest BCUT2D eigenvalue weighted by molar-refractivity contribution is 0.101. The number of carbonyl (C=O) groups excluding carboxylic acids is 1. The number of anilines is 1. The molecule has 1 N–H and O–H groups in total. The van der Waals surface area contributed by atoms with Gasteiger partial charge in [-0.3, -0.25) is 4.79 Å². The van der Waals surface area contributed by atoms with Gasteiger partial charge in [-0.05, 0) is 31.2 Å². The fourth-order valence-corrected chi connectivity index (χ4v) is 3.47. The van der Waals surface area contributed by atoms with Crippen molar-refractivity contribution in [3.05, 3.63) is 52.5 Å². The van der Waals surface area contributed by atoms with E-state index in [9.17, 15) is 4.79 Å². The Hall–Kier alpha value is -1.92. The van der Waals surface area contributed by atoms with Crippen molar-refractivity contribution in [3.63, 3.8) is 0 Å². The maximum absolute atomic E-state index is 12.2. The molecule has 0 fully saturated rings. The number of hydrogen-bond acceptors (Lipinski definition) is 5. The number of carbonyl (C=O) groups is 1. The summed E-state index contributed by atoms with van der Waals surface area (Å²) in [5.74, 6) is 0.795. The van der Waals surface area contributed by atoms with Gasteiger partial charge in [0.15, 0.2) is 10.9 Å². The summed E-state index contributed by atoms with van der Waals surface area (Å²) in [6.07, 6.45) is 0. The summed E-state index contributed by atoms with van der Waals surface area (Å²) in [5, 5.41) is 3.83. The van der Waals surface area contributed by atoms with Crippen LogP contribution in [0, 0.1) is 0 Å². The second-order valence-corrected chi connectivity index (χ2v) is 6.79. The number of benzene rings is 2. The van der Waals surface area contributed by atoms with E-state index in [1.54, 1.807) is 6.07 Å². The predicted molar refractivity (Wildman–Crippen MR) is 97.8 cm³/mol. The predicted octanol–water partition coefficient (Wildman–Crippen LogP) is 4.75. The van der Waals surface area contributed by atoms with Gasteiger partial charge < -0.3 is 10.1 Å². The first-order valence-corrected chi connectivity index (χ1v) is 8.83. The smallest absolute Gasteiger partial charge is 0.184 e. The van der Waals surface area contributed by atoms with E-state index in [1.807, 2.05) is 43.3 Å². The summed E-state index contributed by atoms with van der Waals surface area (Å²) < 4.78 is 7.51. The summed E-state index contributed by atoms with van der Waals surface area (Å²) >= 11 is 4.89. The standard InChI is InChI=1S/C17H15BrN2O2S/c1-2-22-14-7-4-8-15-16(14)20-17(23-15)19-10-13(21)11-5-3-6-12(18)9-11/h3-9H,2,10H2,1H3,(H,19,20). The zero-order valence-electron chi connectivity index (χ0n) is 12.5. The van der Waals surface area contributed by atoms with Gasteiger partial charge >= 0.3 is 0 Å². The van der Waals surface area contributed by atoms with Gasteiger partial charge in [0.25, 0.3) is 0 Å². The van der Waals surface area contributed by atoms with E-state index in [2.05, 4.69) is 26.2 Å². The van der Waals surface area contributed by atoms with Crippen LogP contribution in [-0.2, 0) is 0 Å². The number of nitrogens with zero attached hydrogens (tertiary/aromatic N) is 1. The molecular weight excluding hydrogens is 376 g/mol. The molecular formula is C17H15BrN2O2S. The van der Waals surface area contributed by atoms with Crippen molar-refractivity contribution in [2.24, 2.45) is 0 Å². The van der Waals surface area contributed by atoms with Crippen LogP contribution in [0.25, 0.3) is 10.2 Å². The van der Waals surface area contributed by atoms with Crippen molar-refractivity contribution in [3.8, 4) is 5.75 Å². The van der Waals surface area contributed by atoms with Crippen LogP contribution in [0.4, 0.5) is 5.13 Å². The molecule has 23 heavy (non-hydrogen) atoms. The number of nitrogens with one attached hydrogen (secondary N) is 1. The Morgan fingerprint density at radius 2 is 2.13 bits per heavy atom. The molecule has 0 bridgehead atoms. The number of ketones is 1. The fourth-order valence-electron chi connectivity index (χ4n) is 2.19. The Morgan fingerprint density at radius 1 is 1.30 bits per heavy atom. The first kappa shape index (κ1) is 16.0. The highest BCUT2D eigenvalue weighted by atomic mass is 79.9. The Kier molecular flexibility index (Phi) is 4.93. The van der Waals surface area contributed by atoms with Crippen molar-refractivity contribution in [2.45, 2.75) is 6.92 Å². The molecule has 0 saturated carbocycles. The molecule has 0 radical (unpaired) electrons. The van der Waals surface area contributed by atoms with E-state index >= 15 is 0 Å². The molecule has 118 valence electrons. The second kappa shape index (κ2) is 7.10. The lowest BCUT2D eigenvalue weighted by atomic mass is 10.1. The fraction of sp³-hybridized carbons (Fsp3) is 0.176. The largest absolute Gasteiger partial charge is 0.492 e. The van der Waals surface area contributed by atoms with E-state index in [1.165, 1.54) is 11.3 Å². The lowest BCUT2D eigenvalue weighted by Crippen LogP contribution is -2.13. The number of ether oxygens (including phenoxy) is 1. The number of rotatable bonds is 6. The molecule has 0 atom stereocenters. The first-order valence-electron chi connectivity index (χ1n) is 7.22. The summed E-state index contributed by atoms with van der Waals surface area (Å²) in [4.78, 5) is 16.8. The molecule has 0 saturated heterocycles. The molecule has 4 nitrogen and oxygen atoms in total. The van der Waals surface area contributed by atoms with E-state index in [0.29, 0.717) is 12.2 Å². The van der Waals surface area contributed by atoms with Gasteiger partial charge in [0.1, 0.15) is 11.3 Å². The molecule has 1 aromatic heterocycles. The molecule has 0 aliphatic rings. The molecule has 0 unspecified atom stereocenters. The third-order valence-electron chi connectivity index (χ3n) is 3.23. The van der Waals surface area contributed by atoms with Crippen molar-refractivity contribution in [2.75, 3.05) is 18.5 Å². The Balaban J connectivity index is 1.74. The average molecular weight is 391 g/mol. The molecule has 0 aliphatic carbocycles. The molecule has 0 spiro atoms. The monoisotopic (exact) mass is 390 g/mol. The third kappa shape index (κ3) is 3.71. The molecule has 2 aromatic carbocycles. The zero-order chi connectivity index (χ0) is 16.2. The van der Waals surface area contributed by atoms with Gasteiger partial charge in [-0.2, -0.15) is 0 Å². The minimum atomic E-state index is 0.0237. The van der Waals surface area contributed by atoms with Crippen LogP contribution in [-0.4, -0.2) is 23.9 Å². The lowest BCUT2D eigenvalue weighted by Gasteiger charge is -2.03. The van der Waals surface area contributed by atoms with Gasteiger partial charge in [-0.15, -0.1) is 0 Å². The topological polar surface area (TPSA) is 51.2 Å². The minimum absolute atomic E-state index is 0.0237. The van der Waals surface area contributed by atoms with Gasteiger partial charge in [0, 0.05) is 10.0 Å². The van der Waals surface area contributed by atoms with E-state index < -0.39 is 0 Å². The van der Waals surface area contributed by atoms with E-state index in [-0.39, 0.29) is 12.3 Å². The van der Waals surface area contributed by atoms with Crippen molar-refractivity contribution < 1.29 is 9.53 Å². The zero-order valence-corrected chi connectivity index (χ0v) is 14.9. The second-order valence-electron chi connectivity index (χ2n) is 4.84. The SMILES string of the molecule is CCOc1cccc2sc(NCC(=O)c3cccc(Br)c3)nc12. The molecule has 3 aromatic rings. The summed E-state index contributed by atoms with van der Waals surface area (Å²) in [6, 6.07) is 13.2. The average Bonchev–Trinajstić information content (AvgIpc) is 2.97. The van der Waals surface area contributed by atoms with E-state index in [4.69, 9.17) is 4.74 Å². The van der Waals surface area contributed by atoms with Crippen molar-refractivity contribution >= 4 is 48.4 Å². The summed E-state index contributed by atoms with van der Waals surface area (Å²) in [5.41, 5.74) is 1.50. The minimum Gasteiger partial charge on any atom is -0.492 e. The van der Waals surface area contributed by atoms with E-state index in [0.717, 1.165) is 25.6 Å². The van der Waals surface area contributed by atoms with Crippen LogP contribution in [0.15, 0.2) is 46.9 Å². The quantitative estimate of drug-likeness (QED) is 0.616. The Morgan fingerprint density at radius 3 is 2.91 bits per heavy atom. The molecule has 0 amide bonds. The number of thiazole rings is 1. The summed E-state index contributed by atoms with van der Waals surface area (Å²) in [7, 11) is 0. The van der Waals surface area contributed by atoms with Crippen LogP contribution in [0.3, 0.4) is 0 Å². The number of fused-ring (bicyclic) bond motifs is 1. The van der Waals surface area contributed by atoms with Crippen LogP contribution in [0.2, 0.25) is 0 Å². The number of hydrogen-bond donors (Lipinski definition) is 1. The van der Waals surface area contributed by atoms with Crippen LogP contribution >= 0.6 is 27.3 Å². The van der Waals surface area contributed by atoms with Crippen LogP contribution < -0.4 is 10.1 Å². The number of halogens is 1. The molecule has 1 heterocycles. The molecule has 3 rings (SSSR count). The highest BCUT2D eigenvalue weighted by Gasteiger charge is 2.11. The molecule has 0 aliphatic heterocycles. The normalized spacial score (nSPS) is 10.7. The Labute approximate surface area is 146 Å². The van der Waals surface area contributed by atoms with Gasteiger partial charge in [0.05, 0.1) is 17.9 Å². The number of aromatic nitrogens is 1. The highest BCUT2D eigenvalue weighted by Crippen LogP contribution is 2.32.